The zero-order chi connectivity index (χ0) is 52.8. The molecular formula is C62H113N5O6. The Kier molecular flexibility index (Phi) is 42.2. The highest BCUT2D eigenvalue weighted by molar-refractivity contribution is 5.86. The van der Waals surface area contributed by atoms with E-state index in [1.165, 1.54) is 77.0 Å². The van der Waals surface area contributed by atoms with Crippen molar-refractivity contribution >= 4 is 17.8 Å². The molecule has 2 fully saturated rings. The van der Waals surface area contributed by atoms with Crippen LogP contribution < -0.4 is 5.32 Å². The standard InChI is InChI=1S/C62H113N5O6/c1-7-13-15-17-19-21-23-25-27-29-31-33-35-37-39-43-49-73-62(70)57-52-56(53-67(57)61(69)45-40-38-36-34-32-30-28-26-24-22-20-18-16-14-8-2)63-60(68)44-41-42-46-66-54-58(71-50-47-64(9-3)10-4)59(55-66)72-51-48-65(11-5)12-6/h19-22,25-28,56-59H,7-18,23-24,29-55H2,1-6H3,(H,63,68)/b21-19-,22-20-,27-25-,28-26-. The Morgan fingerprint density at radius 1 is 0.507 bits per heavy atom. The largest absolute Gasteiger partial charge is 0.464 e. The summed E-state index contributed by atoms with van der Waals surface area (Å²) < 4.78 is 18.7. The molecule has 2 aliphatic rings. The first-order chi connectivity index (χ1) is 35.8. The monoisotopic (exact) mass is 1020 g/mol. The van der Waals surface area contributed by atoms with Gasteiger partial charge in [-0.1, -0.05) is 161 Å². The lowest BCUT2D eigenvalue weighted by atomic mass is 10.1. The predicted molar refractivity (Wildman–Crippen MR) is 307 cm³/mol. The van der Waals surface area contributed by atoms with Crippen molar-refractivity contribution in [2.75, 3.05) is 85.3 Å². The van der Waals surface area contributed by atoms with E-state index < -0.39 is 6.04 Å². The lowest BCUT2D eigenvalue weighted by molar-refractivity contribution is -0.153. The molecule has 0 aromatic rings. The van der Waals surface area contributed by atoms with E-state index in [1.54, 1.807) is 4.90 Å². The number of rotatable bonds is 48. The molecule has 0 aliphatic carbocycles. The third-order valence-corrected chi connectivity index (χ3v) is 14.9. The van der Waals surface area contributed by atoms with Gasteiger partial charge in [-0.25, -0.2) is 4.79 Å². The summed E-state index contributed by atoms with van der Waals surface area (Å²) in [4.78, 5) is 49.6. The number of allylic oxidation sites excluding steroid dienone is 8. The molecule has 11 nitrogen and oxygen atoms in total. The zero-order valence-corrected chi connectivity index (χ0v) is 48.2. The fourth-order valence-electron chi connectivity index (χ4n) is 10.0. The number of nitrogens with zero attached hydrogens (tertiary/aromatic N) is 4. The fourth-order valence-corrected chi connectivity index (χ4v) is 10.0. The van der Waals surface area contributed by atoms with Crippen LogP contribution in [-0.2, 0) is 28.6 Å². The van der Waals surface area contributed by atoms with Crippen molar-refractivity contribution in [3.8, 4) is 0 Å². The second-order valence-corrected chi connectivity index (χ2v) is 20.9. The zero-order valence-electron chi connectivity index (χ0n) is 48.2. The molecule has 422 valence electrons. The molecule has 2 rings (SSSR count). The van der Waals surface area contributed by atoms with Crippen LogP contribution in [0.3, 0.4) is 0 Å². The van der Waals surface area contributed by atoms with Crippen LogP contribution in [0.15, 0.2) is 48.6 Å². The van der Waals surface area contributed by atoms with E-state index in [1.807, 2.05) is 0 Å². The van der Waals surface area contributed by atoms with Crippen LogP contribution in [0.4, 0.5) is 0 Å². The molecule has 0 aromatic carbocycles. The van der Waals surface area contributed by atoms with E-state index in [-0.39, 0.29) is 36.0 Å². The van der Waals surface area contributed by atoms with Crippen LogP contribution >= 0.6 is 0 Å². The maximum atomic E-state index is 13.7. The van der Waals surface area contributed by atoms with Gasteiger partial charge >= 0.3 is 5.97 Å². The summed E-state index contributed by atoms with van der Waals surface area (Å²) in [5.74, 6) is -0.350. The minimum absolute atomic E-state index is 0.00520. The van der Waals surface area contributed by atoms with Crippen molar-refractivity contribution in [1.82, 2.24) is 24.9 Å². The molecule has 4 unspecified atom stereocenters. The summed E-state index contributed by atoms with van der Waals surface area (Å²) in [5, 5.41) is 3.20. The minimum Gasteiger partial charge on any atom is -0.464 e. The van der Waals surface area contributed by atoms with Gasteiger partial charge in [0.1, 0.15) is 6.04 Å². The van der Waals surface area contributed by atoms with Gasteiger partial charge in [-0.15, -0.1) is 0 Å². The number of esters is 1. The molecule has 11 heteroatoms. The van der Waals surface area contributed by atoms with Crippen molar-refractivity contribution in [1.29, 1.82) is 0 Å². The lowest BCUT2D eigenvalue weighted by Crippen LogP contribution is -2.42. The molecule has 2 amide bonds. The van der Waals surface area contributed by atoms with Gasteiger partial charge < -0.3 is 34.2 Å². The Balaban J connectivity index is 1.81. The van der Waals surface area contributed by atoms with Crippen molar-refractivity contribution < 1.29 is 28.6 Å². The minimum atomic E-state index is -0.653. The fraction of sp³-hybridized carbons (Fsp3) is 0.823. The number of likely N-dealkylation sites (tertiary alicyclic amines) is 2. The SMILES string of the molecule is CCCCC/C=C\C/C=C\CCCCCCCCOC(=O)C1CC(NC(=O)CCCCN2CC(OCCN(CC)CC)C(OCCN(CC)CC)C2)CN1C(=O)CCCCCCC/C=C\C/C=C\CCCCC. The first-order valence-electron chi connectivity index (χ1n) is 30.5. The molecule has 0 saturated carbocycles. The summed E-state index contributed by atoms with van der Waals surface area (Å²) in [6.07, 6.45) is 47.6. The lowest BCUT2D eigenvalue weighted by Gasteiger charge is -2.24. The molecule has 0 aromatic heterocycles. The summed E-state index contributed by atoms with van der Waals surface area (Å²) in [7, 11) is 0. The van der Waals surface area contributed by atoms with Gasteiger partial charge in [0.05, 0.1) is 32.0 Å². The van der Waals surface area contributed by atoms with Crippen molar-refractivity contribution in [2.45, 2.75) is 246 Å². The third kappa shape index (κ3) is 33.7. The predicted octanol–water partition coefficient (Wildman–Crippen LogP) is 13.2. The summed E-state index contributed by atoms with van der Waals surface area (Å²) in [6, 6.07) is -0.914. The number of amides is 2. The quantitative estimate of drug-likeness (QED) is 0.0362. The van der Waals surface area contributed by atoms with Gasteiger partial charge in [0.25, 0.3) is 0 Å². The van der Waals surface area contributed by atoms with E-state index in [0.29, 0.717) is 45.6 Å². The van der Waals surface area contributed by atoms with Crippen molar-refractivity contribution in [2.24, 2.45) is 0 Å². The second-order valence-electron chi connectivity index (χ2n) is 20.9. The van der Waals surface area contributed by atoms with E-state index in [9.17, 15) is 14.4 Å². The highest BCUT2D eigenvalue weighted by Gasteiger charge is 2.41. The summed E-state index contributed by atoms with van der Waals surface area (Å²) in [6.45, 7) is 23.9. The third-order valence-electron chi connectivity index (χ3n) is 14.9. The van der Waals surface area contributed by atoms with Gasteiger partial charge in [-0.3, -0.25) is 14.5 Å². The number of hydrogen-bond acceptors (Lipinski definition) is 9. The smallest absolute Gasteiger partial charge is 0.328 e. The summed E-state index contributed by atoms with van der Waals surface area (Å²) >= 11 is 0. The Morgan fingerprint density at radius 2 is 0.959 bits per heavy atom. The molecule has 0 radical (unpaired) electrons. The van der Waals surface area contributed by atoms with Crippen LogP contribution in [0.1, 0.15) is 221 Å². The first-order valence-corrected chi connectivity index (χ1v) is 30.5. The van der Waals surface area contributed by atoms with E-state index in [0.717, 1.165) is 142 Å². The molecular weight excluding hydrogens is 911 g/mol. The number of hydrogen-bond donors (Lipinski definition) is 1. The van der Waals surface area contributed by atoms with E-state index >= 15 is 0 Å². The Hall–Kier alpha value is -2.83. The van der Waals surface area contributed by atoms with Crippen LogP contribution in [0.5, 0.6) is 0 Å². The molecule has 73 heavy (non-hydrogen) atoms. The van der Waals surface area contributed by atoms with Gasteiger partial charge in [0, 0.05) is 58.0 Å². The molecule has 2 saturated heterocycles. The number of ether oxygens (including phenoxy) is 3. The Bertz CT molecular complexity index is 1440. The van der Waals surface area contributed by atoms with Crippen LogP contribution in [0.2, 0.25) is 0 Å². The van der Waals surface area contributed by atoms with Crippen LogP contribution in [-0.4, -0.2) is 147 Å². The second kappa shape index (κ2) is 46.5. The number of nitrogens with one attached hydrogen (secondary N) is 1. The number of carbonyl (C=O) groups is 3. The Morgan fingerprint density at radius 3 is 1.45 bits per heavy atom. The average Bonchev–Trinajstić information content (AvgIpc) is 4.00. The van der Waals surface area contributed by atoms with Crippen LogP contribution in [0.25, 0.3) is 0 Å². The summed E-state index contributed by atoms with van der Waals surface area (Å²) in [5.41, 5.74) is 0. The number of carbonyl (C=O) groups excluding carboxylic acids is 3. The average molecular weight is 1020 g/mol. The molecule has 2 aliphatic heterocycles. The van der Waals surface area contributed by atoms with Gasteiger partial charge in [-0.05, 0) is 123 Å². The van der Waals surface area contributed by atoms with Crippen LogP contribution in [0, 0.1) is 0 Å². The van der Waals surface area contributed by atoms with E-state index in [4.69, 9.17) is 14.2 Å². The van der Waals surface area contributed by atoms with E-state index in [2.05, 4.69) is 110 Å². The van der Waals surface area contributed by atoms with Gasteiger partial charge in [-0.2, -0.15) is 0 Å². The Labute approximate surface area is 449 Å². The molecule has 4 atom stereocenters. The van der Waals surface area contributed by atoms with Crippen molar-refractivity contribution in [3.05, 3.63) is 48.6 Å². The highest BCUT2D eigenvalue weighted by atomic mass is 16.5. The first kappa shape index (κ1) is 66.3. The highest BCUT2D eigenvalue weighted by Crippen LogP contribution is 2.23. The maximum Gasteiger partial charge on any atom is 0.328 e. The molecule has 0 bridgehead atoms. The molecule has 2 heterocycles. The van der Waals surface area contributed by atoms with Crippen molar-refractivity contribution in [3.63, 3.8) is 0 Å². The van der Waals surface area contributed by atoms with Gasteiger partial charge in [0.2, 0.25) is 11.8 Å². The maximum absolute atomic E-state index is 13.7. The number of unbranched alkanes of at least 4 members (excludes halogenated alkanes) is 18. The van der Waals surface area contributed by atoms with Gasteiger partial charge in [0.15, 0.2) is 0 Å². The number of likely N-dealkylation sites (N-methyl/N-ethyl adjacent to an activating group) is 2. The topological polar surface area (TPSA) is 104 Å². The normalized spacial score (nSPS) is 18.7. The molecule has 1 N–H and O–H groups in total. The molecule has 0 spiro atoms.